The molecule has 3 aliphatic heterocycles. The number of aromatic nitrogens is 6. The minimum atomic E-state index is -1.85. The summed E-state index contributed by atoms with van der Waals surface area (Å²) in [5.41, 5.74) is -1.47. The van der Waals surface area contributed by atoms with E-state index < -0.39 is 100 Å². The van der Waals surface area contributed by atoms with Crippen LogP contribution in [0, 0.1) is 17.8 Å². The fourth-order valence-electron chi connectivity index (χ4n) is 10.9. The molecule has 3 aromatic rings. The number of unbranched alkanes of at least 4 members (excludes halogenated alkanes) is 1. The van der Waals surface area contributed by atoms with Crippen LogP contribution in [0.5, 0.6) is 0 Å². The number of esters is 1. The number of aryl methyl sites for hydroxylation is 2. The van der Waals surface area contributed by atoms with Crippen LogP contribution in [0.15, 0.2) is 42.9 Å². The molecule has 5 N–H and O–H groups in total. The van der Waals surface area contributed by atoms with Crippen molar-refractivity contribution in [2.24, 2.45) is 17.8 Å². The van der Waals surface area contributed by atoms with Gasteiger partial charge in [-0.05, 0) is 141 Å². The second kappa shape index (κ2) is 24.9. The first-order chi connectivity index (χ1) is 33.8. The molecule has 5 heterocycles. The van der Waals surface area contributed by atoms with Crippen molar-refractivity contribution in [3.8, 4) is 5.69 Å². The summed E-state index contributed by atoms with van der Waals surface area (Å²) in [6.07, 6.45) is 0.880. The van der Waals surface area contributed by atoms with E-state index in [1.54, 1.807) is 45.5 Å². The molecule has 0 unspecified atom stereocenters. The standard InChI is InChI=1S/C51H83IN8O12/c1-30-26-49(7,65)45(32(3)42(70-40-27-50(8,67-12)44(63)35(6)69-40)33(4)46(64)72-48(52)51(9,66)43(62)34(5)58(11)28-30)71-47-41(61)39(25-31(2)68-47)57(10)23-20-37-29-59(56-54-37)22-14-13-15-36-16-18-38(19-17-36)60-24-21-53-55-60/h16-19,21,24,29-35,39-45,47-48,61-63,65-66H,13-15,20,22-23,25-28H2,1-12H3/t30-,31-,32+,33-,34-,35+,39+,40+,41-,42+,43-,44+,45-,47+,48+,49-,50-,51+/m1/s1. The van der Waals surface area contributed by atoms with Crippen LogP contribution in [-0.2, 0) is 52.6 Å². The number of carbonyl (C=O) groups is 1. The Bertz CT molecular complexity index is 2140. The first-order valence-corrected chi connectivity index (χ1v) is 26.8. The molecule has 1 aromatic carbocycles. The Morgan fingerprint density at radius 2 is 1.64 bits per heavy atom. The summed E-state index contributed by atoms with van der Waals surface area (Å²) < 4.78 is 40.5. The van der Waals surface area contributed by atoms with Crippen LogP contribution >= 0.6 is 22.6 Å². The number of hydrogen-bond acceptors (Lipinski definition) is 18. The molecule has 406 valence electrons. The van der Waals surface area contributed by atoms with Gasteiger partial charge in [-0.2, -0.15) is 0 Å². The van der Waals surface area contributed by atoms with E-state index in [0.717, 1.165) is 37.2 Å². The number of rotatable bonds is 15. The largest absolute Gasteiger partial charge is 0.448 e. The first-order valence-electron chi connectivity index (χ1n) is 25.6. The number of benzene rings is 1. The minimum absolute atomic E-state index is 0.105. The van der Waals surface area contributed by atoms with E-state index in [2.05, 4.69) is 37.7 Å². The van der Waals surface area contributed by atoms with Gasteiger partial charge < -0.3 is 63.8 Å². The number of aliphatic hydroxyl groups is 5. The van der Waals surface area contributed by atoms with Crippen LogP contribution < -0.4 is 0 Å². The van der Waals surface area contributed by atoms with Gasteiger partial charge in [0.2, 0.25) is 0 Å². The molecule has 0 amide bonds. The van der Waals surface area contributed by atoms with Crippen molar-refractivity contribution < 1.29 is 58.7 Å². The predicted molar refractivity (Wildman–Crippen MR) is 275 cm³/mol. The lowest BCUT2D eigenvalue weighted by atomic mass is 9.77. The van der Waals surface area contributed by atoms with Crippen molar-refractivity contribution in [1.29, 1.82) is 0 Å². The zero-order chi connectivity index (χ0) is 52.9. The minimum Gasteiger partial charge on any atom is -0.448 e. The second-order valence-electron chi connectivity index (χ2n) is 21.8. The Labute approximate surface area is 439 Å². The zero-order valence-corrected chi connectivity index (χ0v) is 46.5. The summed E-state index contributed by atoms with van der Waals surface area (Å²) in [7, 11) is 5.29. The third kappa shape index (κ3) is 14.2. The number of nitrogens with zero attached hydrogens (tertiary/aromatic N) is 8. The molecule has 0 bridgehead atoms. The first kappa shape index (κ1) is 58.5. The van der Waals surface area contributed by atoms with Gasteiger partial charge in [-0.1, -0.05) is 36.4 Å². The summed E-state index contributed by atoms with van der Waals surface area (Å²) in [4.78, 5) is 18.3. The summed E-state index contributed by atoms with van der Waals surface area (Å²) in [6.45, 7) is 17.5. The second-order valence-corrected chi connectivity index (χ2v) is 22.9. The average molecular weight is 1130 g/mol. The monoisotopic (exact) mass is 1130 g/mol. The number of carbonyl (C=O) groups excluding carboxylic acids is 1. The smallest absolute Gasteiger partial charge is 0.312 e. The highest BCUT2D eigenvalue weighted by molar-refractivity contribution is 14.1. The maximum absolute atomic E-state index is 14.3. The maximum Gasteiger partial charge on any atom is 0.312 e. The van der Waals surface area contributed by atoms with E-state index in [0.29, 0.717) is 25.9 Å². The summed E-state index contributed by atoms with van der Waals surface area (Å²) in [5, 5.41) is 76.1. The molecular formula is C51H83IN8O12. The Morgan fingerprint density at radius 3 is 2.31 bits per heavy atom. The molecule has 3 fully saturated rings. The van der Waals surface area contributed by atoms with E-state index in [1.165, 1.54) is 19.6 Å². The molecule has 20 nitrogen and oxygen atoms in total. The Kier molecular flexibility index (Phi) is 20.2. The molecule has 6 rings (SSSR count). The number of aliphatic hydroxyl groups excluding tert-OH is 3. The van der Waals surface area contributed by atoms with Gasteiger partial charge in [-0.25, -0.2) is 4.68 Å². The normalized spacial score (nSPS) is 39.1. The highest BCUT2D eigenvalue weighted by Gasteiger charge is 2.53. The Hall–Kier alpha value is -2.78. The molecule has 0 aliphatic carbocycles. The van der Waals surface area contributed by atoms with E-state index in [1.807, 2.05) is 91.6 Å². The van der Waals surface area contributed by atoms with Gasteiger partial charge >= 0.3 is 5.97 Å². The topological polar surface area (TPSA) is 241 Å². The number of hydrogen-bond donors (Lipinski definition) is 5. The van der Waals surface area contributed by atoms with Gasteiger partial charge in [-0.15, -0.1) is 10.2 Å². The number of halogens is 1. The van der Waals surface area contributed by atoms with Crippen LogP contribution in [-0.4, -0.2) is 194 Å². The van der Waals surface area contributed by atoms with Crippen LogP contribution in [0.3, 0.4) is 0 Å². The SMILES string of the molecule is CO[C@]1(C)C[C@H](O[C@H]2[C@H](C)[C@@H](O[C@@H]3O[C@H](C)C[C@H](N(C)CCc4cn(CCCCc5ccc(-n6ccnn6)cc5)nn4)[C@H]3O)[C@](C)(O)C[C@@H](C)CN(C)[C@H](C)[C@@H](O)[C@](C)(O)[C@@H](I)OC(=O)[C@@H]2C)O[C@@H](C)[C@@H]1O. The summed E-state index contributed by atoms with van der Waals surface area (Å²) in [6, 6.07) is 7.35. The third-order valence-corrected chi connectivity index (χ3v) is 17.1. The van der Waals surface area contributed by atoms with Crippen molar-refractivity contribution in [2.75, 3.05) is 34.3 Å². The lowest BCUT2D eigenvalue weighted by Gasteiger charge is -2.49. The summed E-state index contributed by atoms with van der Waals surface area (Å²) >= 11 is 1.83. The molecule has 0 saturated carbocycles. The van der Waals surface area contributed by atoms with Gasteiger partial charge in [0.25, 0.3) is 0 Å². The average Bonchev–Trinajstić information content (AvgIpc) is 4.05. The van der Waals surface area contributed by atoms with Crippen LogP contribution in [0.25, 0.3) is 5.69 Å². The molecule has 21 heteroatoms. The Balaban J connectivity index is 1.18. The van der Waals surface area contributed by atoms with Crippen molar-refractivity contribution in [3.05, 3.63) is 54.1 Å². The fourth-order valence-corrected chi connectivity index (χ4v) is 11.5. The third-order valence-electron chi connectivity index (χ3n) is 15.5. The molecule has 3 saturated heterocycles. The van der Waals surface area contributed by atoms with Crippen molar-refractivity contribution in [2.45, 2.75) is 202 Å². The fraction of sp³-hybridized carbons (Fsp3) is 0.784. The molecule has 2 aromatic heterocycles. The lowest BCUT2D eigenvalue weighted by molar-refractivity contribution is -0.318. The van der Waals surface area contributed by atoms with Gasteiger partial charge in [0.05, 0.1) is 65.3 Å². The lowest BCUT2D eigenvalue weighted by Crippen LogP contribution is -2.60. The van der Waals surface area contributed by atoms with Gasteiger partial charge in [0.1, 0.15) is 23.9 Å². The van der Waals surface area contributed by atoms with E-state index in [-0.39, 0.29) is 24.9 Å². The molecule has 0 spiro atoms. The number of cyclic esters (lactones) is 1. The number of ether oxygens (including phenoxy) is 6. The van der Waals surface area contributed by atoms with Gasteiger partial charge in [0, 0.05) is 63.8 Å². The number of alkyl halides is 1. The van der Waals surface area contributed by atoms with Crippen LogP contribution in [0.4, 0.5) is 0 Å². The maximum atomic E-state index is 14.3. The highest BCUT2D eigenvalue weighted by Crippen LogP contribution is 2.40. The molecular weight excluding hydrogens is 1040 g/mol. The van der Waals surface area contributed by atoms with Gasteiger partial charge in [-0.3, -0.25) is 9.48 Å². The predicted octanol–water partition coefficient (Wildman–Crippen LogP) is 3.69. The number of likely N-dealkylation sites (N-methyl/N-ethyl adjacent to an activating group) is 2. The molecule has 0 radical (unpaired) electrons. The molecule has 18 atom stereocenters. The quantitative estimate of drug-likeness (QED) is 0.0631. The Morgan fingerprint density at radius 1 is 0.931 bits per heavy atom. The molecule has 3 aliphatic rings. The van der Waals surface area contributed by atoms with E-state index in [4.69, 9.17) is 28.4 Å². The molecule has 72 heavy (non-hydrogen) atoms. The van der Waals surface area contributed by atoms with E-state index in [9.17, 15) is 30.3 Å². The zero-order valence-electron chi connectivity index (χ0n) is 44.3. The highest BCUT2D eigenvalue weighted by atomic mass is 127. The van der Waals surface area contributed by atoms with Crippen LogP contribution in [0.2, 0.25) is 0 Å². The summed E-state index contributed by atoms with van der Waals surface area (Å²) in [5.74, 6) is -2.78. The van der Waals surface area contributed by atoms with Crippen LogP contribution in [0.1, 0.15) is 106 Å². The number of methoxy groups -OCH3 is 1. The van der Waals surface area contributed by atoms with Gasteiger partial charge in [0.15, 0.2) is 16.7 Å². The van der Waals surface area contributed by atoms with E-state index >= 15 is 0 Å². The van der Waals surface area contributed by atoms with Crippen molar-refractivity contribution in [1.82, 2.24) is 39.8 Å². The van der Waals surface area contributed by atoms with Crippen molar-refractivity contribution in [3.63, 3.8) is 0 Å². The van der Waals surface area contributed by atoms with Crippen molar-refractivity contribution >= 4 is 28.6 Å².